The van der Waals surface area contributed by atoms with Gasteiger partial charge in [0.25, 0.3) is 0 Å². The van der Waals surface area contributed by atoms with Crippen molar-refractivity contribution in [3.63, 3.8) is 0 Å². The predicted octanol–water partition coefficient (Wildman–Crippen LogP) is 1.000. The maximum atomic E-state index is 11.2. The van der Waals surface area contributed by atoms with E-state index in [1.54, 1.807) is 12.4 Å². The summed E-state index contributed by atoms with van der Waals surface area (Å²) < 4.78 is 0. The Labute approximate surface area is 131 Å². The van der Waals surface area contributed by atoms with E-state index in [0.29, 0.717) is 5.56 Å². The molecule has 1 aromatic carbocycles. The zero-order valence-electron chi connectivity index (χ0n) is 12.6. The van der Waals surface area contributed by atoms with Gasteiger partial charge in [-0.05, 0) is 12.0 Å². The van der Waals surface area contributed by atoms with Gasteiger partial charge in [0.05, 0.1) is 13.1 Å². The van der Waals surface area contributed by atoms with Gasteiger partial charge in [-0.25, -0.2) is 0 Å². The average Bonchev–Trinajstić information content (AvgIpc) is 3.10. The van der Waals surface area contributed by atoms with Crippen LogP contribution in [0.1, 0.15) is 24.0 Å². The summed E-state index contributed by atoms with van der Waals surface area (Å²) in [4.78, 5) is 5.64. The van der Waals surface area contributed by atoms with Crippen molar-refractivity contribution in [1.29, 1.82) is 0 Å². The number of pyridine rings is 1. The molecule has 3 heteroatoms. The van der Waals surface area contributed by atoms with E-state index in [9.17, 15) is 5.11 Å². The summed E-state index contributed by atoms with van der Waals surface area (Å²) in [5, 5.41) is 11.2. The lowest BCUT2D eigenvalue weighted by molar-refractivity contribution is -0.879. The Morgan fingerprint density at radius 1 is 1.05 bits per heavy atom. The predicted molar refractivity (Wildman–Crippen MR) is 86.3 cm³/mol. The zero-order valence-corrected chi connectivity index (χ0v) is 12.6. The van der Waals surface area contributed by atoms with E-state index in [-0.39, 0.29) is 0 Å². The quantitative estimate of drug-likeness (QED) is 0.829. The van der Waals surface area contributed by atoms with Crippen LogP contribution in [0.4, 0.5) is 0 Å². The Balaban J connectivity index is 1.91. The Morgan fingerprint density at radius 2 is 1.77 bits per heavy atom. The highest BCUT2D eigenvalue weighted by atomic mass is 16.3. The SMILES string of the molecule is O[C@](C#CC[NH+]1CCCC1)(c1ccccc1)c1cccnc1. The number of aliphatic hydroxyl groups is 1. The van der Waals surface area contributed by atoms with Crippen LogP contribution in [-0.4, -0.2) is 29.7 Å². The third-order valence-corrected chi connectivity index (χ3v) is 4.19. The van der Waals surface area contributed by atoms with E-state index in [1.165, 1.54) is 30.8 Å². The van der Waals surface area contributed by atoms with Crippen molar-refractivity contribution in [3.8, 4) is 11.8 Å². The highest BCUT2D eigenvalue weighted by Crippen LogP contribution is 2.28. The lowest BCUT2D eigenvalue weighted by atomic mass is 9.88. The van der Waals surface area contributed by atoms with Crippen LogP contribution < -0.4 is 4.90 Å². The van der Waals surface area contributed by atoms with Crippen molar-refractivity contribution in [2.45, 2.75) is 18.4 Å². The fraction of sp³-hybridized carbons (Fsp3) is 0.316. The molecule has 2 aromatic rings. The third kappa shape index (κ3) is 3.19. The molecule has 3 rings (SSSR count). The van der Waals surface area contributed by atoms with Gasteiger partial charge in [-0.2, -0.15) is 0 Å². The number of nitrogens with one attached hydrogen (secondary N) is 1. The van der Waals surface area contributed by atoms with E-state index >= 15 is 0 Å². The molecule has 0 unspecified atom stereocenters. The first-order valence-corrected chi connectivity index (χ1v) is 7.81. The van der Waals surface area contributed by atoms with Crippen LogP contribution in [-0.2, 0) is 5.60 Å². The third-order valence-electron chi connectivity index (χ3n) is 4.19. The van der Waals surface area contributed by atoms with E-state index in [0.717, 1.165) is 12.1 Å². The number of nitrogens with zero attached hydrogens (tertiary/aromatic N) is 1. The monoisotopic (exact) mass is 293 g/mol. The van der Waals surface area contributed by atoms with Crippen molar-refractivity contribution < 1.29 is 10.0 Å². The molecule has 1 aliphatic rings. The summed E-state index contributed by atoms with van der Waals surface area (Å²) >= 11 is 0. The minimum absolute atomic E-state index is 0.713. The minimum atomic E-state index is -1.30. The Bertz CT molecular complexity index is 613. The van der Waals surface area contributed by atoms with Crippen molar-refractivity contribution >= 4 is 0 Å². The van der Waals surface area contributed by atoms with Gasteiger partial charge >= 0.3 is 0 Å². The normalized spacial score (nSPS) is 17.5. The molecule has 0 radical (unpaired) electrons. The number of rotatable bonds is 3. The van der Waals surface area contributed by atoms with Gasteiger partial charge in [0.2, 0.25) is 0 Å². The van der Waals surface area contributed by atoms with Crippen molar-refractivity contribution in [3.05, 3.63) is 66.0 Å². The molecule has 1 aliphatic heterocycles. The largest absolute Gasteiger partial charge is 0.369 e. The van der Waals surface area contributed by atoms with Crippen LogP contribution in [0.5, 0.6) is 0 Å². The molecule has 0 saturated carbocycles. The highest BCUT2D eigenvalue weighted by Gasteiger charge is 2.29. The molecule has 0 spiro atoms. The molecule has 3 nitrogen and oxygen atoms in total. The molecule has 1 atom stereocenters. The summed E-state index contributed by atoms with van der Waals surface area (Å²) in [5.41, 5.74) is 0.200. The Kier molecular flexibility index (Phi) is 4.53. The molecule has 22 heavy (non-hydrogen) atoms. The fourth-order valence-electron chi connectivity index (χ4n) is 2.92. The van der Waals surface area contributed by atoms with Crippen molar-refractivity contribution in [2.75, 3.05) is 19.6 Å². The number of aromatic nitrogens is 1. The summed E-state index contributed by atoms with van der Waals surface area (Å²) in [5.74, 6) is 6.30. The highest BCUT2D eigenvalue weighted by molar-refractivity contribution is 5.43. The van der Waals surface area contributed by atoms with Crippen LogP contribution in [0, 0.1) is 11.8 Å². The summed E-state index contributed by atoms with van der Waals surface area (Å²) in [6, 6.07) is 13.3. The summed E-state index contributed by atoms with van der Waals surface area (Å²) in [6.07, 6.45) is 5.95. The van der Waals surface area contributed by atoms with Crippen LogP contribution in [0.25, 0.3) is 0 Å². The van der Waals surface area contributed by atoms with E-state index in [4.69, 9.17) is 0 Å². The van der Waals surface area contributed by atoms with Gasteiger partial charge in [0.1, 0.15) is 6.54 Å². The zero-order chi connectivity index (χ0) is 15.3. The topological polar surface area (TPSA) is 37.6 Å². The molecule has 0 aliphatic carbocycles. The van der Waals surface area contributed by atoms with E-state index in [1.807, 2.05) is 42.5 Å². The maximum absolute atomic E-state index is 11.2. The number of hydrogen-bond acceptors (Lipinski definition) is 2. The van der Waals surface area contributed by atoms with E-state index in [2.05, 4.69) is 16.8 Å². The fourth-order valence-corrected chi connectivity index (χ4v) is 2.92. The van der Waals surface area contributed by atoms with Crippen LogP contribution in [0.2, 0.25) is 0 Å². The van der Waals surface area contributed by atoms with Gasteiger partial charge in [-0.15, -0.1) is 0 Å². The molecule has 2 N–H and O–H groups in total. The van der Waals surface area contributed by atoms with Crippen LogP contribution >= 0.6 is 0 Å². The molecule has 1 fully saturated rings. The Hall–Kier alpha value is -2.15. The Morgan fingerprint density at radius 3 is 2.45 bits per heavy atom. The molecular weight excluding hydrogens is 272 g/mol. The van der Waals surface area contributed by atoms with Crippen molar-refractivity contribution in [1.82, 2.24) is 4.98 Å². The second kappa shape index (κ2) is 6.74. The minimum Gasteiger partial charge on any atom is -0.369 e. The van der Waals surface area contributed by atoms with Crippen molar-refractivity contribution in [2.24, 2.45) is 0 Å². The number of likely N-dealkylation sites (tertiary alicyclic amines) is 1. The van der Waals surface area contributed by atoms with E-state index < -0.39 is 5.60 Å². The molecule has 0 bridgehead atoms. The first-order valence-electron chi connectivity index (χ1n) is 7.81. The van der Waals surface area contributed by atoms with Gasteiger partial charge in [-0.3, -0.25) is 4.98 Å². The molecular formula is C19H21N2O+. The average molecular weight is 293 g/mol. The lowest BCUT2D eigenvalue weighted by Crippen LogP contribution is -3.09. The molecule has 1 saturated heterocycles. The first-order chi connectivity index (χ1) is 10.8. The number of benzene rings is 1. The molecule has 0 amide bonds. The lowest BCUT2D eigenvalue weighted by Gasteiger charge is -2.23. The van der Waals surface area contributed by atoms with Gasteiger partial charge in [-0.1, -0.05) is 42.3 Å². The van der Waals surface area contributed by atoms with Crippen LogP contribution in [0.15, 0.2) is 54.9 Å². The number of hydrogen-bond donors (Lipinski definition) is 2. The summed E-state index contributed by atoms with van der Waals surface area (Å²) in [6.45, 7) is 3.16. The smallest absolute Gasteiger partial charge is 0.178 e. The number of quaternary nitrogens is 1. The standard InChI is InChI=1S/C19H20N2O/c22-19(17-8-2-1-3-9-17,18-10-6-12-20-16-18)11-7-15-21-13-4-5-14-21/h1-3,6,8-10,12,16,22H,4-5,13-15H2/p+1/t19-/m1/s1. The maximum Gasteiger partial charge on any atom is 0.178 e. The molecule has 112 valence electrons. The van der Waals surface area contributed by atoms with Gasteiger partial charge < -0.3 is 10.0 Å². The first kappa shape index (κ1) is 14.8. The van der Waals surface area contributed by atoms with Gasteiger partial charge in [0, 0.05) is 36.4 Å². The summed E-state index contributed by atoms with van der Waals surface area (Å²) in [7, 11) is 0. The second-order valence-corrected chi connectivity index (χ2v) is 5.75. The van der Waals surface area contributed by atoms with Crippen LogP contribution in [0.3, 0.4) is 0 Å². The molecule has 2 heterocycles. The molecule has 1 aromatic heterocycles. The second-order valence-electron chi connectivity index (χ2n) is 5.75. The van der Waals surface area contributed by atoms with Gasteiger partial charge in [0.15, 0.2) is 5.60 Å².